The number of amides is 1. The Hall–Kier alpha value is -0.570. The van der Waals surface area contributed by atoms with Gasteiger partial charge in [0, 0.05) is 18.5 Å². The van der Waals surface area contributed by atoms with Gasteiger partial charge in [-0.15, -0.1) is 0 Å². The Bertz CT molecular complexity index is 284. The summed E-state index contributed by atoms with van der Waals surface area (Å²) in [5, 5.41) is 3.21. The highest BCUT2D eigenvalue weighted by Crippen LogP contribution is 2.40. The molecule has 0 aromatic carbocycles. The summed E-state index contributed by atoms with van der Waals surface area (Å²) in [5.41, 5.74) is 6.35. The van der Waals surface area contributed by atoms with E-state index in [1.807, 2.05) is 0 Å². The summed E-state index contributed by atoms with van der Waals surface area (Å²) in [7, 11) is 0. The van der Waals surface area contributed by atoms with Crippen LogP contribution in [0.2, 0.25) is 0 Å². The van der Waals surface area contributed by atoms with Crippen molar-refractivity contribution in [1.82, 2.24) is 5.32 Å². The molecule has 2 unspecified atom stereocenters. The molecule has 104 valence electrons. The maximum Gasteiger partial charge on any atom is 0.223 e. The van der Waals surface area contributed by atoms with Crippen LogP contribution in [0.3, 0.4) is 0 Å². The summed E-state index contributed by atoms with van der Waals surface area (Å²) in [5.74, 6) is 0.425. The summed E-state index contributed by atoms with van der Waals surface area (Å²) >= 11 is 0. The molecule has 0 spiro atoms. The van der Waals surface area contributed by atoms with Crippen LogP contribution >= 0.6 is 0 Å². The maximum atomic E-state index is 12.2. The molecule has 3 N–H and O–H groups in total. The fourth-order valence-corrected chi connectivity index (χ4v) is 3.67. The number of nitrogens with one attached hydrogen (secondary N) is 1. The molecule has 1 amide bonds. The van der Waals surface area contributed by atoms with Crippen LogP contribution in [0, 0.1) is 11.3 Å². The summed E-state index contributed by atoms with van der Waals surface area (Å²) in [6.45, 7) is 3.14. The van der Waals surface area contributed by atoms with Crippen molar-refractivity contribution in [1.29, 1.82) is 0 Å². The van der Waals surface area contributed by atoms with E-state index >= 15 is 0 Å². The highest BCUT2D eigenvalue weighted by atomic mass is 16.1. The van der Waals surface area contributed by atoms with Crippen LogP contribution in [0.15, 0.2) is 0 Å². The fourth-order valence-electron chi connectivity index (χ4n) is 3.67. The molecule has 3 heteroatoms. The van der Waals surface area contributed by atoms with Gasteiger partial charge in [-0.3, -0.25) is 4.79 Å². The van der Waals surface area contributed by atoms with Gasteiger partial charge in [0.1, 0.15) is 0 Å². The first kappa shape index (κ1) is 13.9. The molecule has 0 aromatic heterocycles. The largest absolute Gasteiger partial charge is 0.355 e. The first-order chi connectivity index (χ1) is 8.65. The zero-order valence-corrected chi connectivity index (χ0v) is 11.7. The molecule has 2 aliphatic carbocycles. The van der Waals surface area contributed by atoms with E-state index in [1.54, 1.807) is 0 Å². The van der Waals surface area contributed by atoms with E-state index in [-0.39, 0.29) is 17.9 Å². The third-order valence-corrected chi connectivity index (χ3v) is 5.14. The van der Waals surface area contributed by atoms with E-state index in [2.05, 4.69) is 12.2 Å². The molecule has 3 nitrogen and oxygen atoms in total. The number of hydrogen-bond acceptors (Lipinski definition) is 2. The standard InChI is InChI=1S/C15H28N2O/c1-2-15(8-3-4-9-15)11-17-14(18)12-6-5-7-13(16)10-12/h12-13H,2-11,16H2,1H3,(H,17,18). The summed E-state index contributed by atoms with van der Waals surface area (Å²) < 4.78 is 0. The number of rotatable bonds is 4. The van der Waals surface area contributed by atoms with Crippen LogP contribution in [-0.4, -0.2) is 18.5 Å². The van der Waals surface area contributed by atoms with Crippen molar-refractivity contribution in [3.05, 3.63) is 0 Å². The second-order valence-corrected chi connectivity index (χ2v) is 6.40. The van der Waals surface area contributed by atoms with Gasteiger partial charge in [0.2, 0.25) is 5.91 Å². The maximum absolute atomic E-state index is 12.2. The molecule has 2 rings (SSSR count). The predicted octanol–water partition coefficient (Wildman–Crippen LogP) is 2.59. The van der Waals surface area contributed by atoms with E-state index in [1.165, 1.54) is 32.1 Å². The molecule has 0 heterocycles. The molecule has 18 heavy (non-hydrogen) atoms. The van der Waals surface area contributed by atoms with Crippen molar-refractivity contribution in [2.75, 3.05) is 6.54 Å². The van der Waals surface area contributed by atoms with E-state index in [0.717, 1.165) is 32.2 Å². The number of carbonyl (C=O) groups excluding carboxylic acids is 1. The van der Waals surface area contributed by atoms with Crippen molar-refractivity contribution < 1.29 is 4.79 Å². The summed E-state index contributed by atoms with van der Waals surface area (Å²) in [6, 6.07) is 0.237. The topological polar surface area (TPSA) is 55.1 Å². The minimum Gasteiger partial charge on any atom is -0.355 e. The minimum absolute atomic E-state index is 0.170. The van der Waals surface area contributed by atoms with Gasteiger partial charge in [0.15, 0.2) is 0 Å². The average Bonchev–Trinajstić information content (AvgIpc) is 2.85. The molecule has 0 bridgehead atoms. The van der Waals surface area contributed by atoms with Crippen molar-refractivity contribution in [3.63, 3.8) is 0 Å². The highest BCUT2D eigenvalue weighted by Gasteiger charge is 2.33. The molecule has 2 aliphatic rings. The molecular weight excluding hydrogens is 224 g/mol. The molecule has 2 fully saturated rings. The third kappa shape index (κ3) is 3.25. The first-order valence-electron chi connectivity index (χ1n) is 7.68. The second-order valence-electron chi connectivity index (χ2n) is 6.40. The lowest BCUT2D eigenvalue weighted by molar-refractivity contribution is -0.126. The van der Waals surface area contributed by atoms with Crippen LogP contribution < -0.4 is 11.1 Å². The average molecular weight is 252 g/mol. The van der Waals surface area contributed by atoms with E-state index in [9.17, 15) is 4.79 Å². The van der Waals surface area contributed by atoms with Crippen molar-refractivity contribution in [2.24, 2.45) is 17.1 Å². The van der Waals surface area contributed by atoms with Gasteiger partial charge in [-0.25, -0.2) is 0 Å². The van der Waals surface area contributed by atoms with Gasteiger partial charge in [-0.05, 0) is 43.9 Å². The van der Waals surface area contributed by atoms with Gasteiger partial charge >= 0.3 is 0 Å². The van der Waals surface area contributed by atoms with E-state index < -0.39 is 0 Å². The van der Waals surface area contributed by atoms with Crippen molar-refractivity contribution in [2.45, 2.75) is 70.8 Å². The van der Waals surface area contributed by atoms with Crippen LogP contribution in [-0.2, 0) is 4.79 Å². The van der Waals surface area contributed by atoms with Crippen molar-refractivity contribution in [3.8, 4) is 0 Å². The Morgan fingerprint density at radius 3 is 2.61 bits per heavy atom. The predicted molar refractivity (Wildman–Crippen MR) is 74.1 cm³/mol. The number of hydrogen-bond donors (Lipinski definition) is 2. The number of carbonyl (C=O) groups is 1. The Kier molecular flexibility index (Phi) is 4.66. The monoisotopic (exact) mass is 252 g/mol. The molecule has 0 aliphatic heterocycles. The molecule has 0 saturated heterocycles. The molecule has 2 saturated carbocycles. The smallest absolute Gasteiger partial charge is 0.223 e. The lowest BCUT2D eigenvalue weighted by atomic mass is 9.82. The van der Waals surface area contributed by atoms with Gasteiger partial charge in [0.05, 0.1) is 0 Å². The molecule has 2 atom stereocenters. The highest BCUT2D eigenvalue weighted by molar-refractivity contribution is 5.78. The van der Waals surface area contributed by atoms with Gasteiger partial charge in [0.25, 0.3) is 0 Å². The van der Waals surface area contributed by atoms with E-state index in [4.69, 9.17) is 5.73 Å². The number of nitrogens with two attached hydrogens (primary N) is 1. The fraction of sp³-hybridized carbons (Fsp3) is 0.933. The Labute approximate surface area is 111 Å². The van der Waals surface area contributed by atoms with E-state index in [0.29, 0.717) is 5.41 Å². The van der Waals surface area contributed by atoms with Gasteiger partial charge < -0.3 is 11.1 Å². The zero-order chi connectivity index (χ0) is 13.0. The van der Waals surface area contributed by atoms with Gasteiger partial charge in [-0.2, -0.15) is 0 Å². The van der Waals surface area contributed by atoms with Gasteiger partial charge in [-0.1, -0.05) is 26.2 Å². The summed E-state index contributed by atoms with van der Waals surface area (Å²) in [6.07, 6.45) is 10.5. The molecule has 0 aromatic rings. The second kappa shape index (κ2) is 6.05. The van der Waals surface area contributed by atoms with Crippen LogP contribution in [0.25, 0.3) is 0 Å². The van der Waals surface area contributed by atoms with Crippen LogP contribution in [0.4, 0.5) is 0 Å². The van der Waals surface area contributed by atoms with Crippen LogP contribution in [0.1, 0.15) is 64.7 Å². The first-order valence-corrected chi connectivity index (χ1v) is 7.68. The molecule has 0 radical (unpaired) electrons. The lowest BCUT2D eigenvalue weighted by Crippen LogP contribution is -2.42. The molecular formula is C15H28N2O. The van der Waals surface area contributed by atoms with Crippen molar-refractivity contribution >= 4 is 5.91 Å². The summed E-state index contributed by atoms with van der Waals surface area (Å²) in [4.78, 5) is 12.2. The Morgan fingerprint density at radius 1 is 1.28 bits per heavy atom. The van der Waals surface area contributed by atoms with Crippen LogP contribution in [0.5, 0.6) is 0 Å². The minimum atomic E-state index is 0.170. The Morgan fingerprint density at radius 2 is 2.00 bits per heavy atom. The SMILES string of the molecule is CCC1(CNC(=O)C2CCCC(N)C2)CCCC1. The lowest BCUT2D eigenvalue weighted by Gasteiger charge is -2.30. The third-order valence-electron chi connectivity index (χ3n) is 5.14. The zero-order valence-electron chi connectivity index (χ0n) is 11.7. The normalized spacial score (nSPS) is 31.2. The Balaban J connectivity index is 1.80. The quantitative estimate of drug-likeness (QED) is 0.808.